The van der Waals surface area contributed by atoms with Crippen molar-refractivity contribution in [2.24, 2.45) is 0 Å². The summed E-state index contributed by atoms with van der Waals surface area (Å²) in [5.74, 6) is 1.07. The summed E-state index contributed by atoms with van der Waals surface area (Å²) >= 11 is 3.79. The lowest BCUT2D eigenvalue weighted by Crippen LogP contribution is -2.36. The van der Waals surface area contributed by atoms with Crippen molar-refractivity contribution in [1.29, 1.82) is 0 Å². The van der Waals surface area contributed by atoms with Gasteiger partial charge in [-0.2, -0.15) is 0 Å². The molecule has 0 radical (unpaired) electrons. The molecule has 4 aromatic rings. The highest BCUT2D eigenvalue weighted by Gasteiger charge is 2.40. The van der Waals surface area contributed by atoms with Gasteiger partial charge in [-0.05, 0) is 92.6 Å². The Morgan fingerprint density at radius 1 is 0.649 bits per heavy atom. The van der Waals surface area contributed by atoms with Crippen LogP contribution < -0.4 is 4.74 Å². The molecule has 0 fully saturated rings. The number of benzene rings is 2. The van der Waals surface area contributed by atoms with E-state index in [9.17, 15) is 0 Å². The second-order valence-electron chi connectivity index (χ2n) is 10.7. The fourth-order valence-corrected chi connectivity index (χ4v) is 7.66. The van der Waals surface area contributed by atoms with Gasteiger partial charge in [0.15, 0.2) is 0 Å². The smallest absolute Gasteiger partial charge is 0.135 e. The lowest BCUT2D eigenvalue weighted by atomic mass is 9.77. The second kappa shape index (κ2) is 11.6. The molecule has 3 heterocycles. The van der Waals surface area contributed by atoms with Crippen molar-refractivity contribution in [3.8, 4) is 37.1 Å². The molecule has 37 heavy (non-hydrogen) atoms. The third-order valence-electron chi connectivity index (χ3n) is 7.74. The fourth-order valence-electron chi connectivity index (χ4n) is 5.70. The minimum Gasteiger partial charge on any atom is -0.482 e. The zero-order valence-electron chi connectivity index (χ0n) is 22.9. The van der Waals surface area contributed by atoms with Gasteiger partial charge in [0.1, 0.15) is 11.4 Å². The molecule has 194 valence electrons. The molecule has 0 spiro atoms. The maximum Gasteiger partial charge on any atom is 0.135 e. The molecule has 1 atom stereocenters. The Morgan fingerprint density at radius 3 is 2.08 bits per heavy atom. The van der Waals surface area contributed by atoms with E-state index >= 15 is 0 Å². The van der Waals surface area contributed by atoms with E-state index in [1.54, 1.807) is 0 Å². The third-order valence-corrected chi connectivity index (χ3v) is 10.1. The van der Waals surface area contributed by atoms with Gasteiger partial charge in [-0.15, -0.1) is 22.7 Å². The first kappa shape index (κ1) is 26.3. The number of thiophene rings is 2. The molecule has 1 nitrogen and oxygen atoms in total. The average molecular weight is 529 g/mol. The average Bonchev–Trinajstić information content (AvgIpc) is 3.56. The molecule has 0 saturated heterocycles. The van der Waals surface area contributed by atoms with Crippen molar-refractivity contribution in [2.75, 3.05) is 0 Å². The summed E-state index contributed by atoms with van der Waals surface area (Å²) in [6.45, 7) is 8.95. The predicted octanol–water partition coefficient (Wildman–Crippen LogP) is 11.6. The molecule has 1 aliphatic rings. The molecule has 1 unspecified atom stereocenters. The molecule has 1 aliphatic heterocycles. The maximum absolute atomic E-state index is 7.13. The summed E-state index contributed by atoms with van der Waals surface area (Å²) in [5, 5.41) is 0. The molecular formula is C34H40OS2. The van der Waals surface area contributed by atoms with Crippen LogP contribution in [0.25, 0.3) is 31.3 Å². The van der Waals surface area contributed by atoms with E-state index in [1.165, 1.54) is 92.3 Å². The van der Waals surface area contributed by atoms with Gasteiger partial charge in [0.05, 0.1) is 0 Å². The first-order valence-corrected chi connectivity index (χ1v) is 15.8. The van der Waals surface area contributed by atoms with Gasteiger partial charge in [-0.25, -0.2) is 0 Å². The third kappa shape index (κ3) is 5.59. The molecule has 0 amide bonds. The monoisotopic (exact) mass is 528 g/mol. The first-order valence-electron chi connectivity index (χ1n) is 14.1. The summed E-state index contributed by atoms with van der Waals surface area (Å²) < 4.78 is 7.13. The molecule has 0 N–H and O–H groups in total. The summed E-state index contributed by atoms with van der Waals surface area (Å²) in [7, 11) is 0. The van der Waals surface area contributed by atoms with Crippen LogP contribution in [-0.2, 0) is 5.60 Å². The van der Waals surface area contributed by atoms with Crippen LogP contribution in [0.5, 0.6) is 5.75 Å². The van der Waals surface area contributed by atoms with Gasteiger partial charge in [0.2, 0.25) is 0 Å². The lowest BCUT2D eigenvalue weighted by molar-refractivity contribution is 0.0387. The highest BCUT2D eigenvalue weighted by atomic mass is 32.1. The standard InChI is InChI=1S/C34H40OS2/c1-5-7-9-11-21-34(20-10-8-6-2)29-23-26(31-18-19-33(37-31)32-17-13-25(4)36-32)14-16-27(29)28-15-12-24(3)22-30(28)35-34/h12-19,22-23H,5-11,20-21H2,1-4H3. The predicted molar refractivity (Wildman–Crippen MR) is 163 cm³/mol. The second-order valence-corrected chi connectivity index (χ2v) is 13.1. The Bertz CT molecular complexity index is 1340. The van der Waals surface area contributed by atoms with E-state index in [4.69, 9.17) is 4.74 Å². The van der Waals surface area contributed by atoms with Crippen LogP contribution in [-0.4, -0.2) is 0 Å². The summed E-state index contributed by atoms with van der Waals surface area (Å²) in [5.41, 5.74) is 6.34. The summed E-state index contributed by atoms with van der Waals surface area (Å²) in [6.07, 6.45) is 10.9. The van der Waals surface area contributed by atoms with Crippen LogP contribution >= 0.6 is 22.7 Å². The van der Waals surface area contributed by atoms with Crippen molar-refractivity contribution in [3.05, 3.63) is 76.7 Å². The van der Waals surface area contributed by atoms with E-state index in [1.807, 2.05) is 22.7 Å². The van der Waals surface area contributed by atoms with Crippen molar-refractivity contribution in [1.82, 2.24) is 0 Å². The molecule has 2 aromatic heterocycles. The van der Waals surface area contributed by atoms with Crippen LogP contribution in [0.4, 0.5) is 0 Å². The van der Waals surface area contributed by atoms with E-state index in [-0.39, 0.29) is 5.60 Å². The number of rotatable bonds is 11. The molecular weight excluding hydrogens is 489 g/mol. The number of hydrogen-bond donors (Lipinski definition) is 0. The van der Waals surface area contributed by atoms with Gasteiger partial charge in [0.25, 0.3) is 0 Å². The van der Waals surface area contributed by atoms with E-state index in [0.717, 1.165) is 18.6 Å². The highest BCUT2D eigenvalue weighted by Crippen LogP contribution is 2.51. The SMILES string of the molecule is CCCCCCC1(CCCCC)Oc2cc(C)ccc2-c2ccc(-c3ccc(-c4ccc(C)s4)s3)cc21. The first-order chi connectivity index (χ1) is 18.0. The maximum atomic E-state index is 7.13. The molecule has 5 rings (SSSR count). The topological polar surface area (TPSA) is 9.23 Å². The Balaban J connectivity index is 1.58. The number of aryl methyl sites for hydroxylation is 2. The molecule has 0 bridgehead atoms. The molecule has 3 heteroatoms. The van der Waals surface area contributed by atoms with E-state index in [2.05, 4.69) is 88.4 Å². The highest BCUT2D eigenvalue weighted by molar-refractivity contribution is 7.23. The van der Waals surface area contributed by atoms with Crippen LogP contribution in [0, 0.1) is 13.8 Å². The Morgan fingerprint density at radius 2 is 1.32 bits per heavy atom. The molecule has 0 aliphatic carbocycles. The Kier molecular flexibility index (Phi) is 8.21. The lowest BCUT2D eigenvalue weighted by Gasteiger charge is -2.41. The number of unbranched alkanes of at least 4 members (excludes halogenated alkanes) is 5. The van der Waals surface area contributed by atoms with Gasteiger partial charge in [-0.3, -0.25) is 0 Å². The minimum absolute atomic E-state index is 0.250. The Hall–Kier alpha value is -2.36. The van der Waals surface area contributed by atoms with Crippen molar-refractivity contribution < 1.29 is 4.74 Å². The van der Waals surface area contributed by atoms with E-state index < -0.39 is 0 Å². The van der Waals surface area contributed by atoms with Crippen molar-refractivity contribution in [3.63, 3.8) is 0 Å². The van der Waals surface area contributed by atoms with Crippen LogP contribution in [0.2, 0.25) is 0 Å². The largest absolute Gasteiger partial charge is 0.482 e. The van der Waals surface area contributed by atoms with Crippen LogP contribution in [0.1, 0.15) is 87.6 Å². The summed E-state index contributed by atoms with van der Waals surface area (Å²) in [6, 6.07) is 23.0. The van der Waals surface area contributed by atoms with Gasteiger partial charge in [-0.1, -0.05) is 70.2 Å². The van der Waals surface area contributed by atoms with Crippen LogP contribution in [0.15, 0.2) is 60.7 Å². The fraction of sp³-hybridized carbons (Fsp3) is 0.412. The van der Waals surface area contributed by atoms with Gasteiger partial charge < -0.3 is 4.74 Å². The van der Waals surface area contributed by atoms with Crippen molar-refractivity contribution >= 4 is 22.7 Å². The number of hydrogen-bond acceptors (Lipinski definition) is 3. The molecule has 2 aromatic carbocycles. The van der Waals surface area contributed by atoms with Crippen LogP contribution in [0.3, 0.4) is 0 Å². The Labute approximate surface area is 231 Å². The minimum atomic E-state index is -0.250. The zero-order valence-corrected chi connectivity index (χ0v) is 24.5. The van der Waals surface area contributed by atoms with E-state index in [0.29, 0.717) is 0 Å². The molecule has 0 saturated carbocycles. The number of fused-ring (bicyclic) bond motifs is 3. The van der Waals surface area contributed by atoms with Gasteiger partial charge in [0, 0.05) is 30.6 Å². The normalized spacial score (nSPS) is 16.3. The zero-order chi connectivity index (χ0) is 25.8. The summed E-state index contributed by atoms with van der Waals surface area (Å²) in [4.78, 5) is 5.43. The quantitative estimate of drug-likeness (QED) is 0.176. The van der Waals surface area contributed by atoms with Crippen molar-refractivity contribution in [2.45, 2.75) is 91.1 Å². The van der Waals surface area contributed by atoms with Gasteiger partial charge >= 0.3 is 0 Å². The number of ether oxygens (including phenoxy) is 1.